The number of hydrogen-bond acceptors (Lipinski definition) is 3. The van der Waals surface area contributed by atoms with Crippen molar-refractivity contribution in [3.05, 3.63) is 52.1 Å². The number of nitrogens with zero attached hydrogens (tertiary/aromatic N) is 1. The summed E-state index contributed by atoms with van der Waals surface area (Å²) < 4.78 is 0. The molecular formula is C12H9Cl2N3O. The lowest BCUT2D eigenvalue weighted by molar-refractivity contribution is 0.102. The highest BCUT2D eigenvalue weighted by atomic mass is 35.5. The van der Waals surface area contributed by atoms with Gasteiger partial charge in [-0.1, -0.05) is 29.3 Å². The second-order valence-electron chi connectivity index (χ2n) is 3.53. The van der Waals surface area contributed by atoms with Gasteiger partial charge in [0, 0.05) is 11.9 Å². The van der Waals surface area contributed by atoms with Crippen LogP contribution in [0.4, 0.5) is 11.5 Å². The smallest absolute Gasteiger partial charge is 0.258 e. The predicted molar refractivity (Wildman–Crippen MR) is 73.1 cm³/mol. The molecule has 1 heterocycles. The quantitative estimate of drug-likeness (QED) is 0.831. The zero-order valence-electron chi connectivity index (χ0n) is 9.15. The van der Waals surface area contributed by atoms with Gasteiger partial charge in [-0.3, -0.25) is 4.79 Å². The van der Waals surface area contributed by atoms with Crippen molar-refractivity contribution in [3.8, 4) is 0 Å². The number of aromatic nitrogens is 1. The first-order valence-corrected chi connectivity index (χ1v) is 5.80. The number of carbonyl (C=O) groups excluding carboxylic acids is 1. The lowest BCUT2D eigenvalue weighted by Gasteiger charge is -2.08. The van der Waals surface area contributed by atoms with Gasteiger partial charge in [0.25, 0.3) is 5.91 Å². The fourth-order valence-corrected chi connectivity index (χ4v) is 1.82. The van der Waals surface area contributed by atoms with Gasteiger partial charge in [-0.05, 0) is 24.3 Å². The Kier molecular flexibility index (Phi) is 3.69. The third kappa shape index (κ3) is 2.72. The largest absolute Gasteiger partial charge is 0.399 e. The van der Waals surface area contributed by atoms with Crippen molar-refractivity contribution in [2.75, 3.05) is 11.1 Å². The van der Waals surface area contributed by atoms with E-state index in [0.717, 1.165) is 0 Å². The number of rotatable bonds is 2. The Morgan fingerprint density at radius 2 is 2.06 bits per heavy atom. The predicted octanol–water partition coefficient (Wildman–Crippen LogP) is 3.22. The Labute approximate surface area is 114 Å². The third-order valence-corrected chi connectivity index (χ3v) is 3.00. The van der Waals surface area contributed by atoms with E-state index in [0.29, 0.717) is 11.5 Å². The lowest BCUT2D eigenvalue weighted by Crippen LogP contribution is -2.13. The first-order chi connectivity index (χ1) is 8.58. The van der Waals surface area contributed by atoms with Crippen molar-refractivity contribution in [1.29, 1.82) is 0 Å². The second kappa shape index (κ2) is 5.25. The number of nitrogen functional groups attached to an aromatic ring is 1. The number of anilines is 2. The SMILES string of the molecule is Nc1cc(Cl)c(Cl)c(C(=O)Nc2ccccn2)c1. The minimum absolute atomic E-state index is 0.166. The van der Waals surface area contributed by atoms with Crippen LogP contribution in [0, 0.1) is 0 Å². The van der Waals surface area contributed by atoms with Crippen LogP contribution in [-0.2, 0) is 0 Å². The average molecular weight is 282 g/mol. The molecular weight excluding hydrogens is 273 g/mol. The molecule has 18 heavy (non-hydrogen) atoms. The molecule has 4 nitrogen and oxygen atoms in total. The molecule has 0 aliphatic rings. The molecule has 0 radical (unpaired) electrons. The minimum Gasteiger partial charge on any atom is -0.399 e. The Bertz CT molecular complexity index is 587. The van der Waals surface area contributed by atoms with Crippen LogP contribution in [0.2, 0.25) is 10.0 Å². The van der Waals surface area contributed by atoms with Gasteiger partial charge < -0.3 is 11.1 Å². The molecule has 0 bridgehead atoms. The summed E-state index contributed by atoms with van der Waals surface area (Å²) in [4.78, 5) is 16.0. The van der Waals surface area contributed by atoms with Crippen molar-refractivity contribution in [1.82, 2.24) is 4.98 Å². The van der Waals surface area contributed by atoms with Gasteiger partial charge in [0.2, 0.25) is 0 Å². The van der Waals surface area contributed by atoms with E-state index in [9.17, 15) is 4.79 Å². The maximum atomic E-state index is 12.0. The van der Waals surface area contributed by atoms with Crippen LogP contribution >= 0.6 is 23.2 Å². The molecule has 2 aromatic rings. The summed E-state index contributed by atoms with van der Waals surface area (Å²) in [5.41, 5.74) is 6.21. The number of carbonyl (C=O) groups is 1. The Morgan fingerprint density at radius 1 is 1.28 bits per heavy atom. The highest BCUT2D eigenvalue weighted by molar-refractivity contribution is 6.44. The molecule has 0 fully saturated rings. The van der Waals surface area contributed by atoms with E-state index in [1.54, 1.807) is 24.4 Å². The normalized spacial score (nSPS) is 10.1. The van der Waals surface area contributed by atoms with Gasteiger partial charge >= 0.3 is 0 Å². The van der Waals surface area contributed by atoms with E-state index in [2.05, 4.69) is 10.3 Å². The lowest BCUT2D eigenvalue weighted by atomic mass is 10.2. The molecule has 1 aromatic carbocycles. The molecule has 92 valence electrons. The molecule has 1 aromatic heterocycles. The van der Waals surface area contributed by atoms with Crippen LogP contribution in [-0.4, -0.2) is 10.9 Å². The molecule has 1 amide bonds. The topological polar surface area (TPSA) is 68.0 Å². The highest BCUT2D eigenvalue weighted by Gasteiger charge is 2.14. The molecule has 3 N–H and O–H groups in total. The fraction of sp³-hybridized carbons (Fsp3) is 0. The summed E-state index contributed by atoms with van der Waals surface area (Å²) in [6, 6.07) is 8.13. The number of amides is 1. The van der Waals surface area contributed by atoms with Crippen molar-refractivity contribution >= 4 is 40.6 Å². The average Bonchev–Trinajstić information content (AvgIpc) is 2.35. The van der Waals surface area contributed by atoms with Gasteiger partial charge in [-0.15, -0.1) is 0 Å². The first-order valence-electron chi connectivity index (χ1n) is 5.05. The van der Waals surface area contributed by atoms with Gasteiger partial charge in [-0.25, -0.2) is 4.98 Å². The molecule has 0 spiro atoms. The highest BCUT2D eigenvalue weighted by Crippen LogP contribution is 2.29. The van der Waals surface area contributed by atoms with Crippen LogP contribution in [0.5, 0.6) is 0 Å². The maximum Gasteiger partial charge on any atom is 0.258 e. The summed E-state index contributed by atoms with van der Waals surface area (Å²) in [6.07, 6.45) is 1.57. The third-order valence-electron chi connectivity index (χ3n) is 2.20. The van der Waals surface area contributed by atoms with Crippen molar-refractivity contribution in [3.63, 3.8) is 0 Å². The monoisotopic (exact) mass is 281 g/mol. The standard InChI is InChI=1S/C12H9Cl2N3O/c13-9-6-7(15)5-8(11(9)14)12(18)17-10-3-1-2-4-16-10/h1-6H,15H2,(H,16,17,18). The molecule has 0 saturated carbocycles. The molecule has 0 aliphatic carbocycles. The Morgan fingerprint density at radius 3 is 2.72 bits per heavy atom. The molecule has 0 atom stereocenters. The number of pyridine rings is 1. The first kappa shape index (κ1) is 12.7. The number of nitrogens with two attached hydrogens (primary N) is 1. The van der Waals surface area contributed by atoms with E-state index in [4.69, 9.17) is 28.9 Å². The summed E-state index contributed by atoms with van der Waals surface area (Å²) >= 11 is 11.8. The minimum atomic E-state index is -0.409. The van der Waals surface area contributed by atoms with E-state index in [-0.39, 0.29) is 15.6 Å². The van der Waals surface area contributed by atoms with E-state index < -0.39 is 5.91 Å². The van der Waals surface area contributed by atoms with Crippen LogP contribution < -0.4 is 11.1 Å². The van der Waals surface area contributed by atoms with Gasteiger partial charge in [0.05, 0.1) is 15.6 Å². The van der Waals surface area contributed by atoms with E-state index >= 15 is 0 Å². The molecule has 0 saturated heterocycles. The van der Waals surface area contributed by atoms with Crippen LogP contribution in [0.1, 0.15) is 10.4 Å². The fourth-order valence-electron chi connectivity index (χ4n) is 1.40. The molecule has 2 rings (SSSR count). The molecule has 0 unspecified atom stereocenters. The molecule has 6 heteroatoms. The van der Waals surface area contributed by atoms with Crippen molar-refractivity contribution in [2.45, 2.75) is 0 Å². The van der Waals surface area contributed by atoms with Crippen molar-refractivity contribution < 1.29 is 4.79 Å². The zero-order valence-corrected chi connectivity index (χ0v) is 10.7. The number of halogens is 2. The van der Waals surface area contributed by atoms with Crippen molar-refractivity contribution in [2.24, 2.45) is 0 Å². The van der Waals surface area contributed by atoms with Gasteiger partial charge in [-0.2, -0.15) is 0 Å². The zero-order chi connectivity index (χ0) is 13.1. The summed E-state index contributed by atoms with van der Waals surface area (Å²) in [5, 5.41) is 3.01. The Hall–Kier alpha value is -1.78. The summed E-state index contributed by atoms with van der Waals surface area (Å²) in [7, 11) is 0. The Balaban J connectivity index is 2.30. The van der Waals surface area contributed by atoms with Crippen LogP contribution in [0.25, 0.3) is 0 Å². The van der Waals surface area contributed by atoms with E-state index in [1.807, 2.05) is 0 Å². The summed E-state index contributed by atoms with van der Waals surface area (Å²) in [5.74, 6) is 0.0185. The number of nitrogens with one attached hydrogen (secondary N) is 1. The van der Waals surface area contributed by atoms with Crippen LogP contribution in [0.3, 0.4) is 0 Å². The van der Waals surface area contributed by atoms with E-state index in [1.165, 1.54) is 12.1 Å². The van der Waals surface area contributed by atoms with Gasteiger partial charge in [0.15, 0.2) is 0 Å². The van der Waals surface area contributed by atoms with Crippen LogP contribution in [0.15, 0.2) is 36.5 Å². The molecule has 0 aliphatic heterocycles. The maximum absolute atomic E-state index is 12.0. The summed E-state index contributed by atoms with van der Waals surface area (Å²) in [6.45, 7) is 0. The number of benzene rings is 1. The van der Waals surface area contributed by atoms with Gasteiger partial charge in [0.1, 0.15) is 5.82 Å². The number of hydrogen-bond donors (Lipinski definition) is 2. The second-order valence-corrected chi connectivity index (χ2v) is 4.32.